The third-order valence-electron chi connectivity index (χ3n) is 3.32. The van der Waals surface area contributed by atoms with Gasteiger partial charge in [-0.2, -0.15) is 0 Å². The lowest BCUT2D eigenvalue weighted by Crippen LogP contribution is -2.22. The van der Waals surface area contributed by atoms with Crippen molar-refractivity contribution < 1.29 is 14.6 Å². The van der Waals surface area contributed by atoms with Crippen molar-refractivity contribution >= 4 is 5.69 Å². The molecule has 1 aliphatic heterocycles. The van der Waals surface area contributed by atoms with E-state index >= 15 is 0 Å². The number of hydrogen-bond acceptors (Lipinski definition) is 3. The summed E-state index contributed by atoms with van der Waals surface area (Å²) in [4.78, 5) is 2.10. The monoisotopic (exact) mass is 239 g/mol. The van der Waals surface area contributed by atoms with Gasteiger partial charge in [-0.1, -0.05) is 0 Å². The summed E-state index contributed by atoms with van der Waals surface area (Å²) in [6, 6.07) is 4.50. The minimum Gasteiger partial charge on any atom is -0.396 e. The second-order valence-corrected chi connectivity index (χ2v) is 4.66. The minimum absolute atomic E-state index is 0.182. The predicted molar refractivity (Wildman–Crippen MR) is 64.4 cm³/mol. The average Bonchev–Trinajstić information content (AvgIpc) is 2.77. The maximum atomic E-state index is 13.2. The molecule has 1 heterocycles. The smallest absolute Gasteiger partial charge is 0.123 e. The van der Waals surface area contributed by atoms with Crippen molar-refractivity contribution in [1.29, 1.82) is 0 Å². The molecule has 0 aliphatic carbocycles. The molecule has 0 spiro atoms. The van der Waals surface area contributed by atoms with Crippen LogP contribution in [0.3, 0.4) is 0 Å². The zero-order chi connectivity index (χ0) is 12.4. The molecule has 4 heteroatoms. The van der Waals surface area contributed by atoms with Gasteiger partial charge >= 0.3 is 0 Å². The Labute approximate surface area is 100 Å². The summed E-state index contributed by atoms with van der Waals surface area (Å²) >= 11 is 0. The van der Waals surface area contributed by atoms with Crippen LogP contribution in [0.4, 0.5) is 10.1 Å². The van der Waals surface area contributed by atoms with Crippen LogP contribution in [0.5, 0.6) is 0 Å². The Balaban J connectivity index is 2.26. The Morgan fingerprint density at radius 1 is 1.53 bits per heavy atom. The number of benzene rings is 1. The molecule has 17 heavy (non-hydrogen) atoms. The van der Waals surface area contributed by atoms with Gasteiger partial charge in [0.15, 0.2) is 0 Å². The van der Waals surface area contributed by atoms with Crippen LogP contribution in [0.15, 0.2) is 18.2 Å². The largest absolute Gasteiger partial charge is 0.396 e. The van der Waals surface area contributed by atoms with Gasteiger partial charge in [0, 0.05) is 36.9 Å². The van der Waals surface area contributed by atoms with Crippen molar-refractivity contribution in [2.45, 2.75) is 19.4 Å². The van der Waals surface area contributed by atoms with Crippen LogP contribution < -0.4 is 4.90 Å². The molecular weight excluding hydrogens is 221 g/mol. The lowest BCUT2D eigenvalue weighted by Gasteiger charge is -2.23. The predicted octanol–water partition coefficient (Wildman–Crippen LogP) is 1.70. The van der Waals surface area contributed by atoms with Crippen molar-refractivity contribution in [2.24, 2.45) is 5.92 Å². The number of halogens is 1. The van der Waals surface area contributed by atoms with Crippen LogP contribution in [0, 0.1) is 11.7 Å². The molecule has 1 aliphatic rings. The van der Waals surface area contributed by atoms with E-state index in [0.29, 0.717) is 5.56 Å². The summed E-state index contributed by atoms with van der Waals surface area (Å²) in [6.07, 6.45) is 0.251. The fourth-order valence-corrected chi connectivity index (χ4v) is 2.35. The van der Waals surface area contributed by atoms with Gasteiger partial charge in [0.1, 0.15) is 5.82 Å². The van der Waals surface area contributed by atoms with Crippen LogP contribution in [-0.2, 0) is 0 Å². The highest BCUT2D eigenvalue weighted by molar-refractivity contribution is 5.55. The highest BCUT2D eigenvalue weighted by atomic mass is 19.1. The number of hydrogen-bond donors (Lipinski definition) is 2. The molecule has 1 fully saturated rings. The standard InChI is InChI=1S/C13H18FNO2/c1-9(17)12-6-11(14)2-3-13(12)15-5-4-10(7-15)8-16/h2-3,6,9-10,16-17H,4-5,7-8H2,1H3/t9-,10?/m0/s1. The lowest BCUT2D eigenvalue weighted by atomic mass is 10.1. The zero-order valence-corrected chi connectivity index (χ0v) is 9.93. The van der Waals surface area contributed by atoms with Gasteiger partial charge in [0.25, 0.3) is 0 Å². The third kappa shape index (κ3) is 2.58. The minimum atomic E-state index is -0.686. The number of rotatable bonds is 3. The first-order valence-corrected chi connectivity index (χ1v) is 5.95. The molecule has 3 nitrogen and oxygen atoms in total. The van der Waals surface area contributed by atoms with E-state index in [9.17, 15) is 9.50 Å². The summed E-state index contributed by atoms with van der Waals surface area (Å²) in [6.45, 7) is 3.43. The Kier molecular flexibility index (Phi) is 3.64. The van der Waals surface area contributed by atoms with Gasteiger partial charge in [0.05, 0.1) is 6.10 Å². The first-order chi connectivity index (χ1) is 8.11. The van der Waals surface area contributed by atoms with E-state index in [0.717, 1.165) is 25.2 Å². The first-order valence-electron chi connectivity index (χ1n) is 5.95. The Morgan fingerprint density at radius 2 is 2.29 bits per heavy atom. The molecule has 0 bridgehead atoms. The molecule has 2 atom stereocenters. The first kappa shape index (κ1) is 12.3. The Hall–Kier alpha value is -1.13. The number of aliphatic hydroxyl groups is 2. The number of anilines is 1. The topological polar surface area (TPSA) is 43.7 Å². The number of nitrogens with zero attached hydrogens (tertiary/aromatic N) is 1. The van der Waals surface area contributed by atoms with Crippen molar-refractivity contribution in [3.8, 4) is 0 Å². The number of aliphatic hydroxyl groups excluding tert-OH is 2. The molecule has 0 amide bonds. The van der Waals surface area contributed by atoms with E-state index in [2.05, 4.69) is 4.90 Å². The molecule has 2 N–H and O–H groups in total. The lowest BCUT2D eigenvalue weighted by molar-refractivity contribution is 0.199. The van der Waals surface area contributed by atoms with Crippen LogP contribution in [0.2, 0.25) is 0 Å². The van der Waals surface area contributed by atoms with Crippen molar-refractivity contribution in [3.05, 3.63) is 29.6 Å². The quantitative estimate of drug-likeness (QED) is 0.843. The van der Waals surface area contributed by atoms with E-state index in [1.54, 1.807) is 13.0 Å². The second kappa shape index (κ2) is 5.02. The fourth-order valence-electron chi connectivity index (χ4n) is 2.35. The van der Waals surface area contributed by atoms with Gasteiger partial charge in [-0.15, -0.1) is 0 Å². The normalized spacial score (nSPS) is 21.9. The van der Waals surface area contributed by atoms with Crippen molar-refractivity contribution in [3.63, 3.8) is 0 Å². The molecular formula is C13H18FNO2. The third-order valence-corrected chi connectivity index (χ3v) is 3.32. The molecule has 2 rings (SSSR count). The van der Waals surface area contributed by atoms with Gasteiger partial charge in [-0.05, 0) is 31.5 Å². The summed E-state index contributed by atoms with van der Waals surface area (Å²) in [5.74, 6) is -0.0514. The van der Waals surface area contributed by atoms with Crippen LogP contribution in [0.25, 0.3) is 0 Å². The van der Waals surface area contributed by atoms with Crippen LogP contribution >= 0.6 is 0 Å². The summed E-state index contributed by atoms with van der Waals surface area (Å²) in [5.41, 5.74) is 1.49. The molecule has 0 aromatic heterocycles. The van der Waals surface area contributed by atoms with E-state index < -0.39 is 6.10 Å². The molecule has 94 valence electrons. The Morgan fingerprint density at radius 3 is 2.88 bits per heavy atom. The molecule has 1 saturated heterocycles. The van der Waals surface area contributed by atoms with Crippen molar-refractivity contribution in [1.82, 2.24) is 0 Å². The molecule has 1 aromatic carbocycles. The van der Waals surface area contributed by atoms with Crippen molar-refractivity contribution in [2.75, 3.05) is 24.6 Å². The highest BCUT2D eigenvalue weighted by Crippen LogP contribution is 2.31. The van der Waals surface area contributed by atoms with Gasteiger partial charge in [-0.3, -0.25) is 0 Å². The molecule has 0 saturated carbocycles. The average molecular weight is 239 g/mol. The van der Waals surface area contributed by atoms with Gasteiger partial charge in [0.2, 0.25) is 0 Å². The SMILES string of the molecule is C[C@H](O)c1cc(F)ccc1N1CCC(CO)C1. The second-order valence-electron chi connectivity index (χ2n) is 4.66. The van der Waals surface area contributed by atoms with E-state index in [1.807, 2.05) is 0 Å². The zero-order valence-electron chi connectivity index (χ0n) is 9.93. The fraction of sp³-hybridized carbons (Fsp3) is 0.538. The van der Waals surface area contributed by atoms with Crippen LogP contribution in [0.1, 0.15) is 25.0 Å². The Bertz CT molecular complexity index is 395. The summed E-state index contributed by atoms with van der Waals surface area (Å²) < 4.78 is 13.2. The maximum Gasteiger partial charge on any atom is 0.123 e. The van der Waals surface area contributed by atoms with E-state index in [4.69, 9.17) is 5.11 Å². The molecule has 0 radical (unpaired) electrons. The highest BCUT2D eigenvalue weighted by Gasteiger charge is 2.24. The summed E-state index contributed by atoms with van der Waals surface area (Å²) in [5, 5.41) is 18.8. The molecule has 1 aromatic rings. The van der Waals surface area contributed by atoms with E-state index in [1.165, 1.54) is 12.1 Å². The van der Waals surface area contributed by atoms with Crippen LogP contribution in [-0.4, -0.2) is 29.9 Å². The van der Waals surface area contributed by atoms with Gasteiger partial charge < -0.3 is 15.1 Å². The van der Waals surface area contributed by atoms with Gasteiger partial charge in [-0.25, -0.2) is 4.39 Å². The van der Waals surface area contributed by atoms with E-state index in [-0.39, 0.29) is 18.3 Å². The maximum absolute atomic E-state index is 13.2. The molecule has 1 unspecified atom stereocenters. The summed E-state index contributed by atoms with van der Waals surface area (Å²) in [7, 11) is 0.